The van der Waals surface area contributed by atoms with Gasteiger partial charge in [-0.25, -0.2) is 4.99 Å². The van der Waals surface area contributed by atoms with Gasteiger partial charge in [-0.15, -0.1) is 0 Å². The summed E-state index contributed by atoms with van der Waals surface area (Å²) in [7, 11) is 1.60. The van der Waals surface area contributed by atoms with E-state index in [1.165, 1.54) is 10.8 Å². The lowest BCUT2D eigenvalue weighted by molar-refractivity contribution is 0.412. The van der Waals surface area contributed by atoms with E-state index < -0.39 is 0 Å². The Kier molecular flexibility index (Phi) is 4.87. The zero-order chi connectivity index (χ0) is 20.4. The van der Waals surface area contributed by atoms with Crippen LogP contribution in [0.5, 0.6) is 11.6 Å². The molecule has 0 fully saturated rings. The molecular weight excluding hydrogens is 368 g/mol. The second-order valence-electron chi connectivity index (χ2n) is 6.69. The lowest BCUT2D eigenvalue weighted by Crippen LogP contribution is -2.22. The summed E-state index contributed by atoms with van der Waals surface area (Å²) in [5.41, 5.74) is 1.95. The fourth-order valence-corrected chi connectivity index (χ4v) is 3.20. The lowest BCUT2D eigenvalue weighted by Gasteiger charge is -2.14. The number of hydrogen-bond acceptors (Lipinski definition) is 5. The Morgan fingerprint density at radius 2 is 1.90 bits per heavy atom. The van der Waals surface area contributed by atoms with E-state index in [0.29, 0.717) is 22.2 Å². The SMILES string of the molecule is COc1ccc(Cn2c(O)c(C=Nc3cc(C)[nH]n3)c3ccccc3c2=O)cc1. The molecule has 146 valence electrons. The maximum atomic E-state index is 13.0. The summed E-state index contributed by atoms with van der Waals surface area (Å²) in [5, 5.41) is 19.0. The Bertz CT molecular complexity index is 1250. The van der Waals surface area contributed by atoms with Crippen molar-refractivity contribution in [2.75, 3.05) is 7.11 Å². The fraction of sp³-hybridized carbons (Fsp3) is 0.136. The lowest BCUT2D eigenvalue weighted by atomic mass is 10.1. The van der Waals surface area contributed by atoms with Gasteiger partial charge in [-0.1, -0.05) is 30.3 Å². The van der Waals surface area contributed by atoms with Crippen molar-refractivity contribution in [2.24, 2.45) is 4.99 Å². The number of methoxy groups -OCH3 is 1. The molecule has 0 radical (unpaired) electrons. The number of nitrogens with zero attached hydrogens (tertiary/aromatic N) is 3. The van der Waals surface area contributed by atoms with E-state index in [-0.39, 0.29) is 18.0 Å². The molecule has 7 nitrogen and oxygen atoms in total. The molecule has 2 heterocycles. The summed E-state index contributed by atoms with van der Waals surface area (Å²) < 4.78 is 6.52. The largest absolute Gasteiger partial charge is 0.497 e. The third-order valence-corrected chi connectivity index (χ3v) is 4.71. The number of benzene rings is 2. The molecule has 0 unspecified atom stereocenters. The summed E-state index contributed by atoms with van der Waals surface area (Å²) in [4.78, 5) is 17.4. The normalized spacial score (nSPS) is 11.4. The third-order valence-electron chi connectivity index (χ3n) is 4.71. The zero-order valence-corrected chi connectivity index (χ0v) is 16.1. The quantitative estimate of drug-likeness (QED) is 0.512. The molecule has 0 saturated heterocycles. The molecule has 2 aromatic heterocycles. The maximum Gasteiger partial charge on any atom is 0.261 e. The zero-order valence-electron chi connectivity index (χ0n) is 16.1. The molecule has 7 heteroatoms. The van der Waals surface area contributed by atoms with Crippen LogP contribution in [0.4, 0.5) is 5.82 Å². The molecule has 0 atom stereocenters. The van der Waals surface area contributed by atoms with Gasteiger partial charge >= 0.3 is 0 Å². The van der Waals surface area contributed by atoms with Crippen LogP contribution in [-0.2, 0) is 6.54 Å². The molecule has 0 bridgehead atoms. The van der Waals surface area contributed by atoms with E-state index in [0.717, 1.165) is 17.0 Å². The Balaban J connectivity index is 1.83. The molecule has 2 aromatic carbocycles. The van der Waals surface area contributed by atoms with Crippen molar-refractivity contribution in [3.63, 3.8) is 0 Å². The molecule has 0 saturated carbocycles. The van der Waals surface area contributed by atoms with Crippen molar-refractivity contribution in [1.82, 2.24) is 14.8 Å². The van der Waals surface area contributed by atoms with Crippen LogP contribution in [0.15, 0.2) is 64.4 Å². The van der Waals surface area contributed by atoms with Crippen LogP contribution in [0, 0.1) is 6.92 Å². The minimum atomic E-state index is -0.262. The van der Waals surface area contributed by atoms with E-state index >= 15 is 0 Å². The van der Waals surface area contributed by atoms with Crippen molar-refractivity contribution in [2.45, 2.75) is 13.5 Å². The number of H-pyrrole nitrogens is 1. The van der Waals surface area contributed by atoms with Gasteiger partial charge < -0.3 is 9.84 Å². The monoisotopic (exact) mass is 388 g/mol. The van der Waals surface area contributed by atoms with Crippen LogP contribution in [0.2, 0.25) is 0 Å². The average Bonchev–Trinajstić information content (AvgIpc) is 3.16. The number of aliphatic imine (C=N–C) groups is 1. The molecule has 29 heavy (non-hydrogen) atoms. The van der Waals surface area contributed by atoms with E-state index in [1.54, 1.807) is 31.4 Å². The minimum Gasteiger partial charge on any atom is -0.497 e. The second kappa shape index (κ2) is 7.63. The Labute approximate surface area is 166 Å². The van der Waals surface area contributed by atoms with Crippen molar-refractivity contribution < 1.29 is 9.84 Å². The minimum absolute atomic E-state index is 0.138. The smallest absolute Gasteiger partial charge is 0.261 e. The highest BCUT2D eigenvalue weighted by Crippen LogP contribution is 2.25. The van der Waals surface area contributed by atoms with Gasteiger partial charge in [0.25, 0.3) is 5.56 Å². The predicted molar refractivity (Wildman–Crippen MR) is 113 cm³/mol. The number of fused-ring (bicyclic) bond motifs is 1. The Hall–Kier alpha value is -3.87. The summed E-state index contributed by atoms with van der Waals surface area (Å²) in [6.07, 6.45) is 1.54. The van der Waals surface area contributed by atoms with Gasteiger partial charge in [-0.2, -0.15) is 5.10 Å². The first-order chi connectivity index (χ1) is 14.1. The summed E-state index contributed by atoms with van der Waals surface area (Å²) in [6.45, 7) is 2.11. The molecule has 0 aliphatic heterocycles. The molecule has 4 aromatic rings. The van der Waals surface area contributed by atoms with Gasteiger partial charge in [0, 0.05) is 28.7 Å². The number of pyridine rings is 1. The summed E-state index contributed by atoms with van der Waals surface area (Å²) in [6, 6.07) is 16.3. The number of aromatic hydroxyl groups is 1. The molecule has 0 spiro atoms. The van der Waals surface area contributed by atoms with Crippen LogP contribution in [0.25, 0.3) is 10.8 Å². The molecular formula is C22H20N4O3. The third kappa shape index (κ3) is 3.62. The van der Waals surface area contributed by atoms with E-state index in [4.69, 9.17) is 4.74 Å². The van der Waals surface area contributed by atoms with Crippen molar-refractivity contribution in [1.29, 1.82) is 0 Å². The molecule has 2 N–H and O–H groups in total. The first-order valence-electron chi connectivity index (χ1n) is 9.10. The number of hydrogen-bond donors (Lipinski definition) is 2. The highest BCUT2D eigenvalue weighted by Gasteiger charge is 2.15. The van der Waals surface area contributed by atoms with Crippen LogP contribution < -0.4 is 10.3 Å². The highest BCUT2D eigenvalue weighted by molar-refractivity contribution is 6.02. The summed E-state index contributed by atoms with van der Waals surface area (Å²) >= 11 is 0. The van der Waals surface area contributed by atoms with E-state index in [9.17, 15) is 9.90 Å². The number of aromatic amines is 1. The van der Waals surface area contributed by atoms with Crippen LogP contribution in [0.1, 0.15) is 16.8 Å². The Morgan fingerprint density at radius 3 is 2.55 bits per heavy atom. The van der Waals surface area contributed by atoms with E-state index in [2.05, 4.69) is 15.2 Å². The van der Waals surface area contributed by atoms with Crippen LogP contribution in [-0.4, -0.2) is 33.2 Å². The maximum absolute atomic E-state index is 13.0. The molecule has 0 aliphatic rings. The topological polar surface area (TPSA) is 92.5 Å². The number of aromatic nitrogens is 3. The van der Waals surface area contributed by atoms with Gasteiger partial charge in [0.15, 0.2) is 5.82 Å². The number of rotatable bonds is 5. The first kappa shape index (κ1) is 18.5. The van der Waals surface area contributed by atoms with Gasteiger partial charge in [-0.05, 0) is 30.7 Å². The average molecular weight is 388 g/mol. The van der Waals surface area contributed by atoms with E-state index in [1.807, 2.05) is 37.3 Å². The number of nitrogens with one attached hydrogen (secondary N) is 1. The number of ether oxygens (including phenoxy) is 1. The number of aryl methyl sites for hydroxylation is 1. The van der Waals surface area contributed by atoms with Gasteiger partial charge in [0.1, 0.15) is 5.75 Å². The predicted octanol–water partition coefficient (Wildman–Crippen LogP) is 3.55. The molecule has 0 amide bonds. The van der Waals surface area contributed by atoms with Gasteiger partial charge in [0.2, 0.25) is 5.88 Å². The van der Waals surface area contributed by atoms with Crippen molar-refractivity contribution in [3.8, 4) is 11.6 Å². The molecule has 4 rings (SSSR count). The Morgan fingerprint density at radius 1 is 1.17 bits per heavy atom. The summed E-state index contributed by atoms with van der Waals surface area (Å²) in [5.74, 6) is 1.09. The highest BCUT2D eigenvalue weighted by atomic mass is 16.5. The first-order valence-corrected chi connectivity index (χ1v) is 9.10. The van der Waals surface area contributed by atoms with Crippen LogP contribution >= 0.6 is 0 Å². The second-order valence-corrected chi connectivity index (χ2v) is 6.69. The van der Waals surface area contributed by atoms with Crippen molar-refractivity contribution >= 4 is 22.8 Å². The fourth-order valence-electron chi connectivity index (χ4n) is 3.20. The standard InChI is InChI=1S/C22H20N4O3/c1-14-11-20(25-24-14)23-12-19-17-5-3-4-6-18(17)21(27)26(22(19)28)13-15-7-9-16(29-2)10-8-15/h3-12,28H,13H2,1-2H3,(H,24,25). The van der Waals surface area contributed by atoms with Gasteiger partial charge in [0.05, 0.1) is 19.2 Å². The molecule has 0 aliphatic carbocycles. The van der Waals surface area contributed by atoms with Crippen LogP contribution in [0.3, 0.4) is 0 Å². The van der Waals surface area contributed by atoms with Gasteiger partial charge in [-0.3, -0.25) is 14.5 Å². The van der Waals surface area contributed by atoms with Crippen molar-refractivity contribution in [3.05, 3.63) is 81.8 Å².